The minimum Gasteiger partial charge on any atom is -0.378 e. The van der Waals surface area contributed by atoms with Crippen molar-refractivity contribution in [3.63, 3.8) is 0 Å². The third kappa shape index (κ3) is 4.01. The maximum atomic E-state index is 13.0. The number of para-hydroxylation sites is 1. The van der Waals surface area contributed by atoms with E-state index in [4.69, 9.17) is 4.74 Å². The van der Waals surface area contributed by atoms with Crippen molar-refractivity contribution in [3.05, 3.63) is 60.3 Å². The first-order valence-corrected chi connectivity index (χ1v) is 10.8. The Labute approximate surface area is 181 Å². The Kier molecular flexibility index (Phi) is 5.34. The molecule has 0 radical (unpaired) electrons. The lowest BCUT2D eigenvalue weighted by Crippen LogP contribution is -2.41. The second-order valence-electron chi connectivity index (χ2n) is 8.07. The molecule has 0 bridgehead atoms. The largest absolute Gasteiger partial charge is 0.378 e. The first kappa shape index (κ1) is 19.6. The van der Waals surface area contributed by atoms with Crippen LogP contribution in [0.4, 0.5) is 11.4 Å². The van der Waals surface area contributed by atoms with Crippen molar-refractivity contribution >= 4 is 34.1 Å². The van der Waals surface area contributed by atoms with E-state index in [0.717, 1.165) is 54.1 Å². The van der Waals surface area contributed by atoms with Crippen LogP contribution in [0.15, 0.2) is 54.7 Å². The molecular formula is C24H26N4O3. The minimum absolute atomic E-state index is 0.0214. The zero-order valence-corrected chi connectivity index (χ0v) is 17.3. The van der Waals surface area contributed by atoms with Crippen LogP contribution in [0, 0.1) is 0 Å². The molecule has 160 valence electrons. The Morgan fingerprint density at radius 3 is 2.68 bits per heavy atom. The molecule has 2 aliphatic rings. The van der Waals surface area contributed by atoms with Crippen molar-refractivity contribution in [2.75, 3.05) is 36.5 Å². The number of nitrogens with one attached hydrogen (secondary N) is 2. The molecule has 0 saturated carbocycles. The van der Waals surface area contributed by atoms with E-state index in [2.05, 4.69) is 15.2 Å². The van der Waals surface area contributed by atoms with E-state index in [9.17, 15) is 9.59 Å². The lowest BCUT2D eigenvalue weighted by Gasteiger charge is -2.29. The molecule has 3 heterocycles. The number of ether oxygens (including phenoxy) is 1. The monoisotopic (exact) mass is 418 g/mol. The molecule has 5 rings (SSSR count). The number of rotatable bonds is 5. The molecule has 2 saturated heterocycles. The number of morpholine rings is 1. The van der Waals surface area contributed by atoms with Crippen LogP contribution in [0.3, 0.4) is 0 Å². The number of nitrogens with zero attached hydrogens (tertiary/aromatic N) is 2. The number of benzene rings is 2. The SMILES string of the molecule is O=C(Nc1ccc(N2CCOCC2)cc1)C1CCC(=O)N1Cc1c[nH]c2ccccc12. The van der Waals surface area contributed by atoms with Gasteiger partial charge in [0.05, 0.1) is 13.2 Å². The molecule has 1 aromatic heterocycles. The van der Waals surface area contributed by atoms with E-state index < -0.39 is 6.04 Å². The second kappa shape index (κ2) is 8.43. The fraction of sp³-hybridized carbons (Fsp3) is 0.333. The molecule has 31 heavy (non-hydrogen) atoms. The smallest absolute Gasteiger partial charge is 0.247 e. The highest BCUT2D eigenvalue weighted by Crippen LogP contribution is 2.27. The average molecular weight is 418 g/mol. The Balaban J connectivity index is 1.27. The molecule has 0 aliphatic carbocycles. The highest BCUT2D eigenvalue weighted by Gasteiger charge is 2.36. The third-order valence-corrected chi connectivity index (χ3v) is 6.16. The predicted octanol–water partition coefficient (Wildman–Crippen LogP) is 3.13. The molecule has 2 fully saturated rings. The number of hydrogen-bond donors (Lipinski definition) is 2. The van der Waals surface area contributed by atoms with Gasteiger partial charge in [0.1, 0.15) is 6.04 Å². The fourth-order valence-corrected chi connectivity index (χ4v) is 4.45. The maximum Gasteiger partial charge on any atom is 0.247 e. The van der Waals surface area contributed by atoms with Gasteiger partial charge in [-0.05, 0) is 42.3 Å². The molecular weight excluding hydrogens is 392 g/mol. The van der Waals surface area contributed by atoms with Crippen LogP contribution in [0.25, 0.3) is 10.9 Å². The first-order chi connectivity index (χ1) is 15.2. The summed E-state index contributed by atoms with van der Waals surface area (Å²) in [5.74, 6) is -0.113. The Morgan fingerprint density at radius 1 is 1.10 bits per heavy atom. The van der Waals surface area contributed by atoms with E-state index in [0.29, 0.717) is 19.4 Å². The molecule has 1 atom stereocenters. The van der Waals surface area contributed by atoms with E-state index >= 15 is 0 Å². The molecule has 0 spiro atoms. The molecule has 2 N–H and O–H groups in total. The average Bonchev–Trinajstić information content (AvgIpc) is 3.39. The number of H-pyrrole nitrogens is 1. The molecule has 7 nitrogen and oxygen atoms in total. The van der Waals surface area contributed by atoms with Crippen molar-refractivity contribution in [2.24, 2.45) is 0 Å². The number of anilines is 2. The van der Waals surface area contributed by atoms with E-state index in [-0.39, 0.29) is 11.8 Å². The van der Waals surface area contributed by atoms with Crippen molar-refractivity contribution in [2.45, 2.75) is 25.4 Å². The second-order valence-corrected chi connectivity index (χ2v) is 8.07. The normalized spacial score (nSPS) is 19.2. The van der Waals surface area contributed by atoms with Gasteiger partial charge >= 0.3 is 0 Å². The number of carbonyl (C=O) groups is 2. The topological polar surface area (TPSA) is 77.7 Å². The standard InChI is InChI=1S/C24H26N4O3/c29-23-10-9-22(28(23)16-17-15-25-21-4-2-1-3-20(17)21)24(30)26-18-5-7-19(8-6-18)27-11-13-31-14-12-27/h1-8,15,22,25H,9-14,16H2,(H,26,30). The molecule has 2 aromatic carbocycles. The summed E-state index contributed by atoms with van der Waals surface area (Å²) in [5, 5.41) is 4.08. The van der Waals surface area contributed by atoms with Gasteiger partial charge in [-0.15, -0.1) is 0 Å². The molecule has 1 unspecified atom stereocenters. The van der Waals surface area contributed by atoms with Gasteiger partial charge in [0.2, 0.25) is 11.8 Å². The van der Waals surface area contributed by atoms with Gasteiger partial charge in [-0.1, -0.05) is 18.2 Å². The highest BCUT2D eigenvalue weighted by atomic mass is 16.5. The summed E-state index contributed by atoms with van der Waals surface area (Å²) in [4.78, 5) is 32.8. The van der Waals surface area contributed by atoms with Crippen molar-refractivity contribution in [3.8, 4) is 0 Å². The summed E-state index contributed by atoms with van der Waals surface area (Å²) in [7, 11) is 0. The summed E-state index contributed by atoms with van der Waals surface area (Å²) in [6.45, 7) is 3.65. The Morgan fingerprint density at radius 2 is 1.87 bits per heavy atom. The zero-order chi connectivity index (χ0) is 21.2. The Bertz CT molecular complexity index is 1090. The van der Waals surface area contributed by atoms with Gasteiger partial charge in [0.25, 0.3) is 0 Å². The molecule has 7 heteroatoms. The minimum atomic E-state index is -0.458. The first-order valence-electron chi connectivity index (χ1n) is 10.8. The number of likely N-dealkylation sites (tertiary alicyclic amines) is 1. The quantitative estimate of drug-likeness (QED) is 0.667. The van der Waals surface area contributed by atoms with Gasteiger partial charge in [-0.3, -0.25) is 9.59 Å². The van der Waals surface area contributed by atoms with Crippen LogP contribution in [-0.4, -0.2) is 54.0 Å². The van der Waals surface area contributed by atoms with Gasteiger partial charge < -0.3 is 24.8 Å². The summed E-state index contributed by atoms with van der Waals surface area (Å²) < 4.78 is 5.40. The lowest BCUT2D eigenvalue weighted by atomic mass is 10.1. The van der Waals surface area contributed by atoms with E-state index in [1.165, 1.54) is 0 Å². The summed E-state index contributed by atoms with van der Waals surface area (Å²) >= 11 is 0. The molecule has 2 amide bonds. The number of carbonyl (C=O) groups excluding carboxylic acids is 2. The van der Waals surface area contributed by atoms with Crippen LogP contribution >= 0.6 is 0 Å². The van der Waals surface area contributed by atoms with Crippen LogP contribution in [0.1, 0.15) is 18.4 Å². The predicted molar refractivity (Wildman–Crippen MR) is 120 cm³/mol. The highest BCUT2D eigenvalue weighted by molar-refractivity contribution is 5.99. The zero-order valence-electron chi connectivity index (χ0n) is 17.3. The van der Waals surface area contributed by atoms with Crippen LogP contribution in [0.5, 0.6) is 0 Å². The lowest BCUT2D eigenvalue weighted by molar-refractivity contribution is -0.133. The number of hydrogen-bond acceptors (Lipinski definition) is 4. The maximum absolute atomic E-state index is 13.0. The summed E-state index contributed by atoms with van der Waals surface area (Å²) in [6, 6.07) is 15.4. The van der Waals surface area contributed by atoms with Crippen molar-refractivity contribution in [1.29, 1.82) is 0 Å². The molecule has 2 aliphatic heterocycles. The van der Waals surface area contributed by atoms with Crippen LogP contribution in [0.2, 0.25) is 0 Å². The van der Waals surface area contributed by atoms with Crippen LogP contribution < -0.4 is 10.2 Å². The van der Waals surface area contributed by atoms with Gasteiger partial charge in [-0.25, -0.2) is 0 Å². The molecule has 3 aromatic rings. The van der Waals surface area contributed by atoms with Crippen LogP contribution in [-0.2, 0) is 20.9 Å². The van der Waals surface area contributed by atoms with E-state index in [1.54, 1.807) is 4.90 Å². The fourth-order valence-electron chi connectivity index (χ4n) is 4.45. The van der Waals surface area contributed by atoms with Gasteiger partial charge in [0, 0.05) is 54.5 Å². The summed E-state index contributed by atoms with van der Waals surface area (Å²) in [5.41, 5.74) is 3.93. The summed E-state index contributed by atoms with van der Waals surface area (Å²) in [6.07, 6.45) is 2.87. The van der Waals surface area contributed by atoms with Crippen molar-refractivity contribution in [1.82, 2.24) is 9.88 Å². The number of aromatic amines is 1. The van der Waals surface area contributed by atoms with Crippen molar-refractivity contribution < 1.29 is 14.3 Å². The number of fused-ring (bicyclic) bond motifs is 1. The Hall–Kier alpha value is -3.32. The number of amides is 2. The van der Waals surface area contributed by atoms with Gasteiger partial charge in [-0.2, -0.15) is 0 Å². The van der Waals surface area contributed by atoms with E-state index in [1.807, 2.05) is 54.7 Å². The number of aromatic nitrogens is 1. The third-order valence-electron chi connectivity index (χ3n) is 6.16. The van der Waals surface area contributed by atoms with Gasteiger partial charge in [0.15, 0.2) is 0 Å².